The monoisotopic (exact) mass is 332 g/mol. The average molecular weight is 332 g/mol. The molecule has 3 rings (SSSR count). The lowest BCUT2D eigenvalue weighted by Gasteiger charge is -2.18. The molecule has 1 aromatic carbocycles. The standard InChI is InChI=1S/C16H17FN4O3/c1-3-4-13-18-14(24-19-13)9-20-15(22)10(2)21(16(20)23)12-7-5-11(17)6-8-12/h5-8,10H,3-4,9H2,1-2H3/t10-/m1/s1. The first-order valence-electron chi connectivity index (χ1n) is 7.73. The second-order valence-corrected chi connectivity index (χ2v) is 5.58. The number of aromatic nitrogens is 2. The number of carbonyl (C=O) groups excluding carboxylic acids is 2. The molecular weight excluding hydrogens is 315 g/mol. The minimum Gasteiger partial charge on any atom is -0.337 e. The van der Waals surface area contributed by atoms with Crippen LogP contribution in [-0.4, -0.2) is 33.0 Å². The number of urea groups is 1. The molecule has 0 radical (unpaired) electrons. The van der Waals surface area contributed by atoms with Gasteiger partial charge in [0, 0.05) is 12.1 Å². The molecule has 8 heteroatoms. The van der Waals surface area contributed by atoms with Crippen molar-refractivity contribution in [3.63, 3.8) is 0 Å². The van der Waals surface area contributed by atoms with E-state index in [1.54, 1.807) is 6.92 Å². The maximum Gasteiger partial charge on any atom is 0.332 e. The molecule has 2 aromatic rings. The number of amides is 3. The molecule has 7 nitrogen and oxygen atoms in total. The van der Waals surface area contributed by atoms with Gasteiger partial charge in [0.25, 0.3) is 5.91 Å². The lowest BCUT2D eigenvalue weighted by molar-refractivity contribution is -0.127. The summed E-state index contributed by atoms with van der Waals surface area (Å²) in [6.07, 6.45) is 1.54. The van der Waals surface area contributed by atoms with Crippen molar-refractivity contribution in [2.24, 2.45) is 0 Å². The summed E-state index contributed by atoms with van der Waals surface area (Å²) >= 11 is 0. The molecule has 1 atom stereocenters. The Morgan fingerprint density at radius 3 is 2.62 bits per heavy atom. The molecule has 0 saturated carbocycles. The number of hydrogen-bond acceptors (Lipinski definition) is 5. The van der Waals surface area contributed by atoms with Gasteiger partial charge < -0.3 is 4.52 Å². The molecule has 0 N–H and O–H groups in total. The Labute approximate surface area is 138 Å². The Kier molecular flexibility index (Phi) is 4.28. The Morgan fingerprint density at radius 2 is 1.96 bits per heavy atom. The fourth-order valence-corrected chi connectivity index (χ4v) is 2.62. The molecule has 24 heavy (non-hydrogen) atoms. The smallest absolute Gasteiger partial charge is 0.332 e. The molecule has 3 amide bonds. The van der Waals surface area contributed by atoms with Crippen LogP contribution in [0.1, 0.15) is 32.0 Å². The van der Waals surface area contributed by atoms with E-state index in [2.05, 4.69) is 10.1 Å². The van der Waals surface area contributed by atoms with Crippen molar-refractivity contribution in [1.29, 1.82) is 0 Å². The summed E-state index contributed by atoms with van der Waals surface area (Å²) in [5.41, 5.74) is 0.460. The largest absolute Gasteiger partial charge is 0.337 e. The Balaban J connectivity index is 1.80. The maximum atomic E-state index is 13.1. The first-order chi connectivity index (χ1) is 11.5. The number of nitrogens with zero attached hydrogens (tertiary/aromatic N) is 4. The lowest BCUT2D eigenvalue weighted by Crippen LogP contribution is -2.33. The van der Waals surface area contributed by atoms with Gasteiger partial charge in [0.15, 0.2) is 5.82 Å². The van der Waals surface area contributed by atoms with Crippen molar-refractivity contribution >= 4 is 17.6 Å². The second-order valence-electron chi connectivity index (χ2n) is 5.58. The molecule has 0 bridgehead atoms. The van der Waals surface area contributed by atoms with Crippen LogP contribution >= 0.6 is 0 Å². The zero-order chi connectivity index (χ0) is 17.3. The van der Waals surface area contributed by atoms with Crippen molar-refractivity contribution < 1.29 is 18.5 Å². The van der Waals surface area contributed by atoms with E-state index in [-0.39, 0.29) is 18.3 Å². The molecule has 2 heterocycles. The molecule has 1 aliphatic heterocycles. The summed E-state index contributed by atoms with van der Waals surface area (Å²) in [6.45, 7) is 3.54. The van der Waals surface area contributed by atoms with Crippen molar-refractivity contribution in [2.45, 2.75) is 39.3 Å². The quantitative estimate of drug-likeness (QED) is 0.786. The van der Waals surface area contributed by atoms with E-state index < -0.39 is 17.9 Å². The lowest BCUT2D eigenvalue weighted by atomic mass is 10.2. The van der Waals surface area contributed by atoms with Crippen molar-refractivity contribution in [3.8, 4) is 0 Å². The molecule has 1 aromatic heterocycles. The fraction of sp³-hybridized carbons (Fsp3) is 0.375. The molecule has 1 aliphatic rings. The Hall–Kier alpha value is -2.77. The summed E-state index contributed by atoms with van der Waals surface area (Å²) in [5.74, 6) is -0.00143. The highest BCUT2D eigenvalue weighted by Crippen LogP contribution is 2.26. The number of rotatable bonds is 5. The Bertz CT molecular complexity index is 759. The van der Waals surface area contributed by atoms with E-state index in [9.17, 15) is 14.0 Å². The number of imide groups is 1. The van der Waals surface area contributed by atoms with Gasteiger partial charge in [0.1, 0.15) is 18.4 Å². The second kappa shape index (κ2) is 6.38. The molecular formula is C16H17FN4O3. The van der Waals surface area contributed by atoms with Crippen LogP contribution in [0.4, 0.5) is 14.9 Å². The fourth-order valence-electron chi connectivity index (χ4n) is 2.62. The number of carbonyl (C=O) groups is 2. The van der Waals surface area contributed by atoms with E-state index in [4.69, 9.17) is 4.52 Å². The maximum absolute atomic E-state index is 13.1. The Morgan fingerprint density at radius 1 is 1.25 bits per heavy atom. The summed E-state index contributed by atoms with van der Waals surface area (Å²) < 4.78 is 18.2. The SMILES string of the molecule is CCCc1noc(CN2C(=O)[C@@H](C)N(c3ccc(F)cc3)C2=O)n1. The summed E-state index contributed by atoms with van der Waals surface area (Å²) in [4.78, 5) is 31.6. The van der Waals surface area contributed by atoms with Crippen molar-refractivity contribution in [3.05, 3.63) is 41.8 Å². The number of aryl methyl sites for hydroxylation is 1. The first kappa shape index (κ1) is 16.1. The molecule has 1 fully saturated rings. The van der Waals surface area contributed by atoms with E-state index in [1.807, 2.05) is 6.92 Å². The van der Waals surface area contributed by atoms with Crippen LogP contribution in [0.15, 0.2) is 28.8 Å². The zero-order valence-electron chi connectivity index (χ0n) is 13.4. The van der Waals surface area contributed by atoms with Crippen LogP contribution < -0.4 is 4.90 Å². The molecule has 0 unspecified atom stereocenters. The molecule has 126 valence electrons. The highest BCUT2D eigenvalue weighted by molar-refractivity contribution is 6.13. The highest BCUT2D eigenvalue weighted by Gasteiger charge is 2.43. The van der Waals surface area contributed by atoms with E-state index in [1.165, 1.54) is 29.2 Å². The van der Waals surface area contributed by atoms with E-state index >= 15 is 0 Å². The van der Waals surface area contributed by atoms with Gasteiger partial charge in [-0.25, -0.2) is 9.18 Å². The first-order valence-corrected chi connectivity index (χ1v) is 7.73. The predicted octanol–water partition coefficient (Wildman–Crippen LogP) is 2.52. The topological polar surface area (TPSA) is 79.5 Å². The van der Waals surface area contributed by atoms with Crippen LogP contribution in [0.2, 0.25) is 0 Å². The van der Waals surface area contributed by atoms with Gasteiger partial charge in [-0.1, -0.05) is 12.1 Å². The highest BCUT2D eigenvalue weighted by atomic mass is 19.1. The molecule has 0 aliphatic carbocycles. The average Bonchev–Trinajstić information content (AvgIpc) is 3.08. The van der Waals surface area contributed by atoms with Gasteiger partial charge >= 0.3 is 6.03 Å². The van der Waals surface area contributed by atoms with Crippen LogP contribution in [0.3, 0.4) is 0 Å². The normalized spacial score (nSPS) is 17.9. The van der Waals surface area contributed by atoms with Crippen LogP contribution in [0, 0.1) is 5.82 Å². The summed E-state index contributed by atoms with van der Waals surface area (Å²) in [7, 11) is 0. The third-order valence-corrected chi connectivity index (χ3v) is 3.83. The number of benzene rings is 1. The van der Waals surface area contributed by atoms with Gasteiger partial charge in [0.2, 0.25) is 5.89 Å². The van der Waals surface area contributed by atoms with Crippen molar-refractivity contribution in [2.75, 3.05) is 4.90 Å². The minimum atomic E-state index is -0.680. The van der Waals surface area contributed by atoms with Gasteiger partial charge in [0.05, 0.1) is 0 Å². The van der Waals surface area contributed by atoms with Crippen molar-refractivity contribution in [1.82, 2.24) is 15.0 Å². The number of hydrogen-bond donors (Lipinski definition) is 0. The van der Waals surface area contributed by atoms with E-state index in [0.29, 0.717) is 17.9 Å². The van der Waals surface area contributed by atoms with Crippen LogP contribution in [-0.2, 0) is 17.8 Å². The van der Waals surface area contributed by atoms with E-state index in [0.717, 1.165) is 11.3 Å². The van der Waals surface area contributed by atoms with Gasteiger partial charge in [-0.3, -0.25) is 14.6 Å². The molecule has 1 saturated heterocycles. The number of anilines is 1. The van der Waals surface area contributed by atoms with Crippen LogP contribution in [0.25, 0.3) is 0 Å². The summed E-state index contributed by atoms with van der Waals surface area (Å²) in [6, 6.07) is 4.25. The summed E-state index contributed by atoms with van der Waals surface area (Å²) in [5, 5.41) is 3.81. The minimum absolute atomic E-state index is 0.0730. The van der Waals surface area contributed by atoms with Gasteiger partial charge in [-0.15, -0.1) is 0 Å². The van der Waals surface area contributed by atoms with Gasteiger partial charge in [-0.2, -0.15) is 4.98 Å². The third-order valence-electron chi connectivity index (χ3n) is 3.83. The van der Waals surface area contributed by atoms with Gasteiger partial charge in [-0.05, 0) is 37.6 Å². The number of halogens is 1. The third kappa shape index (κ3) is 2.86. The van der Waals surface area contributed by atoms with Crippen LogP contribution in [0.5, 0.6) is 0 Å². The predicted molar refractivity (Wildman–Crippen MR) is 82.6 cm³/mol. The molecule has 0 spiro atoms. The zero-order valence-corrected chi connectivity index (χ0v) is 13.4.